The average molecular weight is 814 g/mol. The van der Waals surface area contributed by atoms with E-state index in [-0.39, 0.29) is 58.0 Å². The summed E-state index contributed by atoms with van der Waals surface area (Å²) in [5, 5.41) is 2.36. The second-order valence-corrected chi connectivity index (χ2v) is 12.1. The van der Waals surface area contributed by atoms with E-state index in [4.69, 9.17) is 51.9 Å². The summed E-state index contributed by atoms with van der Waals surface area (Å²) in [6.07, 6.45) is -0.340. The Morgan fingerprint density at radius 3 is 1.13 bits per heavy atom. The zero-order chi connectivity index (χ0) is 39.7. The van der Waals surface area contributed by atoms with Crippen LogP contribution < -0.4 is 10.1 Å². The highest BCUT2D eigenvalue weighted by molar-refractivity contribution is 7.85. The van der Waals surface area contributed by atoms with Gasteiger partial charge in [0.25, 0.3) is 10.1 Å². The predicted molar refractivity (Wildman–Crippen MR) is 179 cm³/mol. The van der Waals surface area contributed by atoms with Gasteiger partial charge < -0.3 is 57.4 Å². The molecule has 0 atom stereocenters. The minimum atomic E-state index is -4.10. The van der Waals surface area contributed by atoms with E-state index < -0.39 is 57.3 Å². The van der Waals surface area contributed by atoms with Crippen molar-refractivity contribution in [2.75, 3.05) is 144 Å². The number of rotatable bonds is 37. The van der Waals surface area contributed by atoms with Crippen LogP contribution in [0.1, 0.15) is 12.8 Å². The van der Waals surface area contributed by atoms with Gasteiger partial charge in [0.1, 0.15) is 0 Å². The Hall–Kier alpha value is -2.61. The van der Waals surface area contributed by atoms with Crippen LogP contribution >= 0.6 is 0 Å². The molecular weight excluding hydrogens is 762 g/mol. The molecule has 1 aromatic carbocycles. The van der Waals surface area contributed by atoms with Gasteiger partial charge in [-0.2, -0.15) is 17.2 Å². The summed E-state index contributed by atoms with van der Waals surface area (Å²) in [7, 11) is -4.10. The minimum Gasteiger partial charge on any atom is -0.420 e. The van der Waals surface area contributed by atoms with Gasteiger partial charge in [-0.3, -0.25) is 14.1 Å². The Morgan fingerprint density at radius 2 is 0.815 bits per heavy atom. The number of benzene rings is 1. The molecule has 0 unspecified atom stereocenters. The van der Waals surface area contributed by atoms with Gasteiger partial charge in [-0.1, -0.05) is 0 Å². The van der Waals surface area contributed by atoms with Crippen LogP contribution in [0, 0.1) is 23.3 Å². The molecule has 0 saturated heterocycles. The van der Waals surface area contributed by atoms with E-state index in [2.05, 4.69) is 10.1 Å². The Bertz CT molecular complexity index is 1230. The van der Waals surface area contributed by atoms with Crippen LogP contribution in [0.5, 0.6) is 5.75 Å². The van der Waals surface area contributed by atoms with Crippen LogP contribution in [0.2, 0.25) is 0 Å². The molecule has 17 nitrogen and oxygen atoms in total. The molecule has 0 radical (unpaired) electrons. The van der Waals surface area contributed by atoms with Gasteiger partial charge in [0.2, 0.25) is 23.3 Å². The van der Waals surface area contributed by atoms with E-state index in [1.807, 2.05) is 0 Å². The number of amides is 1. The van der Waals surface area contributed by atoms with E-state index in [1.54, 1.807) is 0 Å². The highest BCUT2D eigenvalue weighted by atomic mass is 32.2. The number of carbonyl (C=O) groups is 2. The number of halogens is 4. The van der Waals surface area contributed by atoms with Crippen molar-refractivity contribution in [3.05, 3.63) is 29.3 Å². The van der Waals surface area contributed by atoms with E-state index >= 15 is 0 Å². The Balaban J connectivity index is 1.72. The maximum Gasteiger partial charge on any atom is 0.313 e. The highest BCUT2D eigenvalue weighted by Gasteiger charge is 2.23. The van der Waals surface area contributed by atoms with E-state index in [0.29, 0.717) is 99.1 Å². The van der Waals surface area contributed by atoms with Crippen LogP contribution in [0.15, 0.2) is 6.07 Å². The predicted octanol–water partition coefficient (Wildman–Crippen LogP) is 1.10. The van der Waals surface area contributed by atoms with Gasteiger partial charge in [-0.15, -0.1) is 0 Å². The summed E-state index contributed by atoms with van der Waals surface area (Å²) < 4.78 is 141. The fourth-order valence-corrected chi connectivity index (χ4v) is 3.98. The zero-order valence-corrected chi connectivity index (χ0v) is 30.9. The van der Waals surface area contributed by atoms with Crippen molar-refractivity contribution in [2.45, 2.75) is 12.8 Å². The molecule has 0 fully saturated rings. The Kier molecular flexibility index (Phi) is 29.8. The van der Waals surface area contributed by atoms with Crippen LogP contribution in [-0.4, -0.2) is 169 Å². The molecule has 22 heteroatoms. The minimum absolute atomic E-state index is 0.00997. The lowest BCUT2D eigenvalue weighted by molar-refractivity contribution is -0.136. The van der Waals surface area contributed by atoms with Crippen molar-refractivity contribution in [3.63, 3.8) is 0 Å². The van der Waals surface area contributed by atoms with Gasteiger partial charge in [0.15, 0.2) is 11.6 Å². The first-order chi connectivity index (χ1) is 26.0. The SMILES string of the molecule is O=C(CCOCCOCCOCCOCCOCCOCCOCCOCCOCCOCCC(=O)Oc1c(F)c(F)cc(F)c1F)NCCS(=O)(=O)O. The molecule has 0 aliphatic rings. The third kappa shape index (κ3) is 28.8. The standard InChI is InChI=1S/C32H51F4NO16S/c33-26-25-27(34)31(36)32(30(26)35)53-29(39)2-5-44-7-9-46-11-13-48-15-17-50-19-21-52-23-22-51-20-18-49-16-14-47-12-10-45-8-6-43-4-1-28(38)37-3-24-54(40,41)42/h25H,1-24H2,(H,37,38)(H,40,41,42). The molecular formula is C32H51F4NO16S. The van der Waals surface area contributed by atoms with Gasteiger partial charge >= 0.3 is 5.97 Å². The molecule has 1 rings (SSSR count). The summed E-state index contributed by atoms with van der Waals surface area (Å²) in [5.41, 5.74) is 0. The Morgan fingerprint density at radius 1 is 0.519 bits per heavy atom. The molecule has 314 valence electrons. The summed E-state index contributed by atoms with van der Waals surface area (Å²) in [6.45, 7) is 6.09. The maximum atomic E-state index is 13.5. The lowest BCUT2D eigenvalue weighted by Crippen LogP contribution is -2.29. The van der Waals surface area contributed by atoms with Crippen LogP contribution in [0.4, 0.5) is 17.6 Å². The fraction of sp³-hybridized carbons (Fsp3) is 0.750. The lowest BCUT2D eigenvalue weighted by atomic mass is 10.3. The average Bonchev–Trinajstić information content (AvgIpc) is 3.12. The lowest BCUT2D eigenvalue weighted by Gasteiger charge is -2.09. The number of hydrogen-bond donors (Lipinski definition) is 2. The molecule has 2 N–H and O–H groups in total. The third-order valence-corrected chi connectivity index (χ3v) is 6.96. The van der Waals surface area contributed by atoms with E-state index in [1.165, 1.54) is 0 Å². The van der Waals surface area contributed by atoms with Crippen molar-refractivity contribution < 1.29 is 92.2 Å². The summed E-state index contributed by atoms with van der Waals surface area (Å²) in [5.74, 6) is -10.5. The number of esters is 1. The first-order valence-corrected chi connectivity index (χ1v) is 18.6. The van der Waals surface area contributed by atoms with Crippen molar-refractivity contribution in [2.24, 2.45) is 0 Å². The topological polar surface area (TPSA) is 202 Å². The summed E-state index contributed by atoms with van der Waals surface area (Å²) in [6, 6.07) is 0.00997. The molecule has 0 bridgehead atoms. The second kappa shape index (κ2) is 32.6. The van der Waals surface area contributed by atoms with Gasteiger partial charge in [-0.25, -0.2) is 8.78 Å². The molecule has 54 heavy (non-hydrogen) atoms. The van der Waals surface area contributed by atoms with Crippen LogP contribution in [0.25, 0.3) is 0 Å². The normalized spacial score (nSPS) is 11.6. The third-order valence-electron chi connectivity index (χ3n) is 6.24. The number of ether oxygens (including phenoxy) is 11. The largest absolute Gasteiger partial charge is 0.420 e. The molecule has 0 aliphatic carbocycles. The monoisotopic (exact) mass is 813 g/mol. The number of carbonyl (C=O) groups excluding carboxylic acids is 2. The first-order valence-electron chi connectivity index (χ1n) is 17.0. The molecule has 0 aromatic heterocycles. The summed E-state index contributed by atoms with van der Waals surface area (Å²) in [4.78, 5) is 23.1. The van der Waals surface area contributed by atoms with E-state index in [0.717, 1.165) is 0 Å². The quantitative estimate of drug-likeness (QED) is 0.0241. The van der Waals surface area contributed by atoms with Crippen LogP contribution in [-0.2, 0) is 67.1 Å². The van der Waals surface area contributed by atoms with Crippen LogP contribution in [0.3, 0.4) is 0 Å². The Labute approximate surface area is 311 Å². The second-order valence-electron chi connectivity index (χ2n) is 10.5. The van der Waals surface area contributed by atoms with Crippen molar-refractivity contribution >= 4 is 22.0 Å². The van der Waals surface area contributed by atoms with Crippen molar-refractivity contribution in [3.8, 4) is 5.75 Å². The highest BCUT2D eigenvalue weighted by Crippen LogP contribution is 2.26. The molecule has 1 aromatic rings. The molecule has 0 spiro atoms. The molecule has 1 amide bonds. The number of nitrogens with one attached hydrogen (secondary N) is 1. The van der Waals surface area contributed by atoms with Gasteiger partial charge in [-0.05, 0) is 0 Å². The van der Waals surface area contributed by atoms with Crippen molar-refractivity contribution in [1.82, 2.24) is 5.32 Å². The molecule has 0 saturated carbocycles. The molecule has 0 aliphatic heterocycles. The van der Waals surface area contributed by atoms with E-state index in [9.17, 15) is 35.6 Å². The first kappa shape index (κ1) is 49.4. The maximum absolute atomic E-state index is 13.5. The smallest absolute Gasteiger partial charge is 0.313 e. The van der Waals surface area contributed by atoms with Gasteiger partial charge in [0, 0.05) is 19.0 Å². The molecule has 0 heterocycles. The fourth-order valence-electron chi connectivity index (χ4n) is 3.62. The van der Waals surface area contributed by atoms with Crippen molar-refractivity contribution in [1.29, 1.82) is 0 Å². The van der Waals surface area contributed by atoms with Gasteiger partial charge in [0.05, 0.1) is 144 Å². The number of hydrogen-bond acceptors (Lipinski definition) is 15. The summed E-state index contributed by atoms with van der Waals surface area (Å²) >= 11 is 0. The zero-order valence-electron chi connectivity index (χ0n) is 30.0.